The van der Waals surface area contributed by atoms with Crippen molar-refractivity contribution in [3.8, 4) is 0 Å². The predicted molar refractivity (Wildman–Crippen MR) is 102 cm³/mol. The predicted octanol–water partition coefficient (Wildman–Crippen LogP) is 0.701. The van der Waals surface area contributed by atoms with Gasteiger partial charge in [0.05, 0.1) is 6.10 Å². The highest BCUT2D eigenvalue weighted by atomic mass is 16.6. The maximum absolute atomic E-state index is 12.1. The summed E-state index contributed by atoms with van der Waals surface area (Å²) in [6.45, 7) is 11.8. The summed E-state index contributed by atoms with van der Waals surface area (Å²) >= 11 is 0. The Morgan fingerprint density at radius 2 is 1.69 bits per heavy atom. The second kappa shape index (κ2) is 9.41. The lowest BCUT2D eigenvalue weighted by Crippen LogP contribution is -2.53. The molecule has 3 N–H and O–H groups in total. The molecule has 0 bridgehead atoms. The van der Waals surface area contributed by atoms with Crippen molar-refractivity contribution >= 4 is 12.1 Å². The Morgan fingerprint density at radius 1 is 1.12 bits per heavy atom. The van der Waals surface area contributed by atoms with E-state index in [9.17, 15) is 9.90 Å². The molecule has 2 fully saturated rings. The zero-order valence-corrected chi connectivity index (χ0v) is 16.5. The molecule has 8 heteroatoms. The van der Waals surface area contributed by atoms with Crippen molar-refractivity contribution in [3.05, 3.63) is 0 Å². The Kier molecular flexibility index (Phi) is 7.52. The van der Waals surface area contributed by atoms with E-state index in [1.165, 1.54) is 0 Å². The maximum Gasteiger partial charge on any atom is 0.410 e. The quantitative estimate of drug-likeness (QED) is 0.430. The van der Waals surface area contributed by atoms with Gasteiger partial charge >= 0.3 is 6.09 Å². The van der Waals surface area contributed by atoms with Crippen LogP contribution in [0.5, 0.6) is 0 Å². The zero-order valence-electron chi connectivity index (χ0n) is 16.5. The molecule has 0 unspecified atom stereocenters. The molecule has 2 aliphatic rings. The number of piperidine rings is 1. The van der Waals surface area contributed by atoms with Crippen molar-refractivity contribution in [1.82, 2.24) is 14.7 Å². The maximum atomic E-state index is 12.1. The first kappa shape index (κ1) is 20.8. The highest BCUT2D eigenvalue weighted by Gasteiger charge is 2.26. The lowest BCUT2D eigenvalue weighted by molar-refractivity contribution is 0.0186. The number of carbonyl (C=O) groups excluding carboxylic acids is 1. The van der Waals surface area contributed by atoms with Crippen LogP contribution in [0.2, 0.25) is 0 Å². The molecular formula is C18H35N5O3. The van der Waals surface area contributed by atoms with E-state index < -0.39 is 5.60 Å². The number of amides is 1. The van der Waals surface area contributed by atoms with Crippen molar-refractivity contribution < 1.29 is 14.6 Å². The molecule has 0 aliphatic carbocycles. The van der Waals surface area contributed by atoms with Gasteiger partial charge in [-0.05, 0) is 46.6 Å². The van der Waals surface area contributed by atoms with Crippen LogP contribution in [0, 0.1) is 0 Å². The van der Waals surface area contributed by atoms with Crippen LogP contribution >= 0.6 is 0 Å². The SMILES string of the molecule is CC(C)(C)OC(=O)N1CCN(C(N)=NCCCN2CCC(O)CC2)CC1. The molecule has 0 spiro atoms. The number of aliphatic hydroxyl groups excluding tert-OH is 1. The van der Waals surface area contributed by atoms with Crippen molar-refractivity contribution in [1.29, 1.82) is 0 Å². The summed E-state index contributed by atoms with van der Waals surface area (Å²) in [5, 5.41) is 9.52. The monoisotopic (exact) mass is 369 g/mol. The van der Waals surface area contributed by atoms with Crippen molar-refractivity contribution in [3.63, 3.8) is 0 Å². The highest BCUT2D eigenvalue weighted by molar-refractivity contribution is 5.78. The molecule has 2 saturated heterocycles. The summed E-state index contributed by atoms with van der Waals surface area (Å²) < 4.78 is 5.40. The largest absolute Gasteiger partial charge is 0.444 e. The molecule has 26 heavy (non-hydrogen) atoms. The fourth-order valence-corrected chi connectivity index (χ4v) is 3.18. The first-order valence-electron chi connectivity index (χ1n) is 9.68. The van der Waals surface area contributed by atoms with Gasteiger partial charge in [0, 0.05) is 45.8 Å². The van der Waals surface area contributed by atoms with Gasteiger partial charge < -0.3 is 30.3 Å². The van der Waals surface area contributed by atoms with E-state index in [-0.39, 0.29) is 12.2 Å². The Morgan fingerprint density at radius 3 is 2.27 bits per heavy atom. The number of piperazine rings is 1. The molecule has 0 radical (unpaired) electrons. The summed E-state index contributed by atoms with van der Waals surface area (Å²) in [5.74, 6) is 0.558. The number of aliphatic imine (C=N–C) groups is 1. The second-order valence-electron chi connectivity index (χ2n) is 8.12. The van der Waals surface area contributed by atoms with Crippen LogP contribution in [0.15, 0.2) is 4.99 Å². The summed E-state index contributed by atoms with van der Waals surface area (Å²) in [6.07, 6.45) is 2.31. The molecular weight excluding hydrogens is 334 g/mol. The van der Waals surface area contributed by atoms with E-state index in [0.717, 1.165) is 38.9 Å². The Hall–Kier alpha value is -1.54. The highest BCUT2D eigenvalue weighted by Crippen LogP contribution is 2.12. The molecule has 8 nitrogen and oxygen atoms in total. The average Bonchev–Trinajstić information content (AvgIpc) is 2.59. The third-order valence-electron chi connectivity index (χ3n) is 4.72. The second-order valence-corrected chi connectivity index (χ2v) is 8.12. The minimum absolute atomic E-state index is 0.126. The summed E-state index contributed by atoms with van der Waals surface area (Å²) in [7, 11) is 0. The van der Waals surface area contributed by atoms with Crippen molar-refractivity contribution in [2.75, 3.05) is 52.4 Å². The van der Waals surface area contributed by atoms with Gasteiger partial charge in [0.15, 0.2) is 5.96 Å². The Balaban J connectivity index is 1.65. The first-order chi connectivity index (χ1) is 12.2. The van der Waals surface area contributed by atoms with Gasteiger partial charge in [-0.15, -0.1) is 0 Å². The van der Waals surface area contributed by atoms with E-state index >= 15 is 0 Å². The van der Waals surface area contributed by atoms with Crippen LogP contribution in [-0.2, 0) is 4.74 Å². The van der Waals surface area contributed by atoms with Gasteiger partial charge in [-0.1, -0.05) is 0 Å². The topological polar surface area (TPSA) is 94.6 Å². The fraction of sp³-hybridized carbons (Fsp3) is 0.889. The van der Waals surface area contributed by atoms with E-state index in [4.69, 9.17) is 10.5 Å². The van der Waals surface area contributed by atoms with Gasteiger partial charge in [-0.3, -0.25) is 4.99 Å². The molecule has 2 aliphatic heterocycles. The van der Waals surface area contributed by atoms with E-state index in [1.807, 2.05) is 25.7 Å². The lowest BCUT2D eigenvalue weighted by Gasteiger charge is -2.36. The van der Waals surface area contributed by atoms with Crippen LogP contribution in [0.1, 0.15) is 40.0 Å². The van der Waals surface area contributed by atoms with Crippen LogP contribution in [-0.4, -0.2) is 95.9 Å². The smallest absolute Gasteiger partial charge is 0.410 e. The van der Waals surface area contributed by atoms with Crippen LogP contribution < -0.4 is 5.73 Å². The normalized spacial score (nSPS) is 21.2. The summed E-state index contributed by atoms with van der Waals surface area (Å²) in [4.78, 5) is 22.7. The zero-order chi connectivity index (χ0) is 19.2. The van der Waals surface area contributed by atoms with E-state index in [0.29, 0.717) is 38.7 Å². The molecule has 0 aromatic rings. The number of ether oxygens (including phenoxy) is 1. The number of likely N-dealkylation sites (tertiary alicyclic amines) is 1. The van der Waals surface area contributed by atoms with Gasteiger partial charge in [0.1, 0.15) is 5.60 Å². The van der Waals surface area contributed by atoms with Gasteiger partial charge in [0.25, 0.3) is 0 Å². The number of rotatable bonds is 4. The molecule has 1 amide bonds. The van der Waals surface area contributed by atoms with Gasteiger partial charge in [0.2, 0.25) is 0 Å². The first-order valence-corrected chi connectivity index (χ1v) is 9.68. The molecule has 150 valence electrons. The van der Waals surface area contributed by atoms with Crippen LogP contribution in [0.25, 0.3) is 0 Å². The lowest BCUT2D eigenvalue weighted by atomic mass is 10.1. The average molecular weight is 370 g/mol. The summed E-state index contributed by atoms with van der Waals surface area (Å²) in [5.41, 5.74) is 5.63. The standard InChI is InChI=1S/C18H35N5O3/c1-18(2,3)26-17(25)23-13-11-22(12-14-23)16(19)20-7-4-8-21-9-5-15(24)6-10-21/h15,24H,4-14H2,1-3H3,(H2,19,20). The number of nitrogens with zero attached hydrogens (tertiary/aromatic N) is 4. The molecule has 2 heterocycles. The molecule has 0 saturated carbocycles. The Bertz CT molecular complexity index is 476. The Labute approximate surface area is 157 Å². The van der Waals surface area contributed by atoms with Crippen molar-refractivity contribution in [2.24, 2.45) is 10.7 Å². The number of guanidine groups is 1. The molecule has 0 aromatic heterocycles. The molecule has 2 rings (SSSR count). The minimum Gasteiger partial charge on any atom is -0.444 e. The third kappa shape index (κ3) is 6.99. The van der Waals surface area contributed by atoms with E-state index in [1.54, 1.807) is 4.90 Å². The van der Waals surface area contributed by atoms with Gasteiger partial charge in [-0.25, -0.2) is 4.79 Å². The number of hydrogen-bond acceptors (Lipinski definition) is 5. The number of nitrogens with two attached hydrogens (primary N) is 1. The number of hydrogen-bond donors (Lipinski definition) is 2. The number of aliphatic hydroxyl groups is 1. The van der Waals surface area contributed by atoms with Crippen LogP contribution in [0.4, 0.5) is 4.79 Å². The van der Waals surface area contributed by atoms with E-state index in [2.05, 4.69) is 9.89 Å². The minimum atomic E-state index is -0.471. The van der Waals surface area contributed by atoms with Crippen LogP contribution in [0.3, 0.4) is 0 Å². The van der Waals surface area contributed by atoms with Gasteiger partial charge in [-0.2, -0.15) is 0 Å². The van der Waals surface area contributed by atoms with Crippen molar-refractivity contribution in [2.45, 2.75) is 51.7 Å². The third-order valence-corrected chi connectivity index (χ3v) is 4.72. The fourth-order valence-electron chi connectivity index (χ4n) is 3.18. The summed E-state index contributed by atoms with van der Waals surface area (Å²) in [6, 6.07) is 0. The number of carbonyl (C=O) groups is 1. The molecule has 0 atom stereocenters. The molecule has 0 aromatic carbocycles.